The van der Waals surface area contributed by atoms with E-state index in [9.17, 15) is 13.2 Å². The van der Waals surface area contributed by atoms with E-state index >= 15 is 0 Å². The molecule has 32 heavy (non-hydrogen) atoms. The molecule has 0 bridgehead atoms. The summed E-state index contributed by atoms with van der Waals surface area (Å²) in [6.07, 6.45) is 0. The van der Waals surface area contributed by atoms with E-state index in [0.717, 1.165) is 21.4 Å². The second-order valence-electron chi connectivity index (χ2n) is 7.81. The third kappa shape index (κ3) is 5.47. The number of ether oxygens (including phenoxy) is 1. The predicted octanol–water partition coefficient (Wildman–Crippen LogP) is 2.79. The summed E-state index contributed by atoms with van der Waals surface area (Å²) in [5.41, 5.74) is 0.0536. The van der Waals surface area contributed by atoms with Crippen molar-refractivity contribution >= 4 is 32.4 Å². The van der Waals surface area contributed by atoms with Crippen LogP contribution in [0.25, 0.3) is 11.4 Å². The number of anilines is 1. The van der Waals surface area contributed by atoms with Crippen molar-refractivity contribution in [2.45, 2.75) is 38.6 Å². The number of nitrogens with one attached hydrogen (secondary N) is 1. The first-order valence-corrected chi connectivity index (χ1v) is 11.9. The topological polar surface area (TPSA) is 140 Å². The zero-order valence-electron chi connectivity index (χ0n) is 18.3. The number of rotatable bonds is 8. The minimum Gasteiger partial charge on any atom is -0.494 e. The van der Waals surface area contributed by atoms with Gasteiger partial charge in [0.2, 0.25) is 27.1 Å². The van der Waals surface area contributed by atoms with Crippen molar-refractivity contribution < 1.29 is 22.5 Å². The number of carbonyl (C=O) groups is 1. The summed E-state index contributed by atoms with van der Waals surface area (Å²) >= 11 is 0.768. The first-order valence-electron chi connectivity index (χ1n) is 9.68. The second kappa shape index (κ2) is 9.30. The highest BCUT2D eigenvalue weighted by Crippen LogP contribution is 2.26. The molecule has 0 fully saturated rings. The van der Waals surface area contributed by atoms with Crippen LogP contribution in [0.4, 0.5) is 5.13 Å². The van der Waals surface area contributed by atoms with Crippen molar-refractivity contribution in [3.63, 3.8) is 0 Å². The van der Waals surface area contributed by atoms with Gasteiger partial charge in [-0.1, -0.05) is 37.3 Å². The molecular weight excluding hydrogens is 456 g/mol. The Kier molecular flexibility index (Phi) is 6.91. The maximum Gasteiger partial charge on any atom is 0.272 e. The summed E-state index contributed by atoms with van der Waals surface area (Å²) in [6.45, 7) is 7.51. The van der Waals surface area contributed by atoms with Gasteiger partial charge in [0.05, 0.1) is 13.2 Å². The smallest absolute Gasteiger partial charge is 0.272 e. The van der Waals surface area contributed by atoms with Crippen molar-refractivity contribution in [2.24, 2.45) is 5.41 Å². The Morgan fingerprint density at radius 1 is 1.22 bits per heavy atom. The molecule has 0 atom stereocenters. The number of hydrogen-bond acceptors (Lipinski definition) is 10. The minimum atomic E-state index is -3.97. The number of benzene rings is 1. The van der Waals surface area contributed by atoms with Gasteiger partial charge in [-0.15, -0.1) is 10.2 Å². The third-order valence-corrected chi connectivity index (χ3v) is 7.18. The average molecular weight is 481 g/mol. The summed E-state index contributed by atoms with van der Waals surface area (Å²) in [4.78, 5) is 16.3. The molecule has 0 saturated carbocycles. The molecule has 0 radical (unpaired) electrons. The third-order valence-electron chi connectivity index (χ3n) is 4.19. The van der Waals surface area contributed by atoms with Crippen LogP contribution in [0.3, 0.4) is 0 Å². The van der Waals surface area contributed by atoms with Gasteiger partial charge in [-0.05, 0) is 31.2 Å². The van der Waals surface area contributed by atoms with Crippen LogP contribution >= 0.6 is 11.3 Å². The van der Waals surface area contributed by atoms with Gasteiger partial charge in [-0.3, -0.25) is 4.79 Å². The van der Waals surface area contributed by atoms with E-state index in [1.54, 1.807) is 45.0 Å². The lowest BCUT2D eigenvalue weighted by atomic mass is 9.96. The van der Waals surface area contributed by atoms with Crippen molar-refractivity contribution in [3.05, 3.63) is 30.2 Å². The quantitative estimate of drug-likeness (QED) is 0.482. The lowest BCUT2D eigenvalue weighted by molar-refractivity contribution is -0.123. The molecule has 0 spiro atoms. The molecule has 0 aliphatic heterocycles. The van der Waals surface area contributed by atoms with E-state index in [1.165, 1.54) is 7.05 Å². The molecule has 11 nitrogen and oxygen atoms in total. The number of hydrogen-bond donors (Lipinski definition) is 1. The predicted molar refractivity (Wildman–Crippen MR) is 118 cm³/mol. The van der Waals surface area contributed by atoms with Crippen molar-refractivity contribution in [3.8, 4) is 17.1 Å². The minimum absolute atomic E-state index is 0.104. The van der Waals surface area contributed by atoms with Gasteiger partial charge < -0.3 is 14.6 Å². The average Bonchev–Trinajstić information content (AvgIpc) is 3.38. The van der Waals surface area contributed by atoms with Gasteiger partial charge in [-0.2, -0.15) is 9.29 Å². The molecule has 2 heterocycles. The molecule has 1 amide bonds. The van der Waals surface area contributed by atoms with Crippen molar-refractivity contribution in [2.75, 3.05) is 19.0 Å². The van der Waals surface area contributed by atoms with Gasteiger partial charge in [0, 0.05) is 18.0 Å². The Morgan fingerprint density at radius 3 is 2.53 bits per heavy atom. The maximum atomic E-state index is 12.8. The molecule has 2 aromatic heterocycles. The molecule has 0 aliphatic carbocycles. The molecule has 3 rings (SSSR count). The summed E-state index contributed by atoms with van der Waals surface area (Å²) in [5.74, 6) is 0.877. The molecule has 172 valence electrons. The maximum absolute atomic E-state index is 12.8. The van der Waals surface area contributed by atoms with E-state index in [4.69, 9.17) is 9.26 Å². The number of aromatic nitrogens is 4. The fourth-order valence-electron chi connectivity index (χ4n) is 2.36. The molecular formula is C19H24N6O5S2. The van der Waals surface area contributed by atoms with Crippen LogP contribution in [0.2, 0.25) is 0 Å². The van der Waals surface area contributed by atoms with E-state index < -0.39 is 15.4 Å². The standard InChI is InChI=1S/C19H24N6O5S2/c1-6-29-13-9-7-12(8-10-13)15-20-14(30-24-15)11-25(5)32(27,28)18-23-22-17(31-18)21-16(26)19(2,3)4/h7-10H,6,11H2,1-5H3,(H,21,22,26). The van der Waals surface area contributed by atoms with Gasteiger partial charge in [0.1, 0.15) is 5.75 Å². The van der Waals surface area contributed by atoms with Crippen LogP contribution < -0.4 is 10.1 Å². The number of sulfonamides is 1. The van der Waals surface area contributed by atoms with E-state index in [1.807, 2.05) is 6.92 Å². The zero-order valence-corrected chi connectivity index (χ0v) is 20.0. The normalized spacial score (nSPS) is 12.2. The molecule has 0 unspecified atom stereocenters. The first kappa shape index (κ1) is 23.8. The van der Waals surface area contributed by atoms with Gasteiger partial charge >= 0.3 is 0 Å². The number of amides is 1. The Hall–Kier alpha value is -2.90. The van der Waals surface area contributed by atoms with Crippen LogP contribution in [0.15, 0.2) is 33.1 Å². The van der Waals surface area contributed by atoms with Crippen LogP contribution in [0, 0.1) is 5.41 Å². The first-order chi connectivity index (χ1) is 15.0. The molecule has 1 N–H and O–H groups in total. The highest BCUT2D eigenvalue weighted by molar-refractivity contribution is 7.91. The molecule has 0 saturated heterocycles. The monoisotopic (exact) mass is 480 g/mol. The van der Waals surface area contributed by atoms with E-state index in [-0.39, 0.29) is 27.8 Å². The molecule has 13 heteroatoms. The Morgan fingerprint density at radius 2 is 1.91 bits per heavy atom. The summed E-state index contributed by atoms with van der Waals surface area (Å²) in [7, 11) is -2.61. The van der Waals surface area contributed by atoms with E-state index in [0.29, 0.717) is 18.0 Å². The second-order valence-corrected chi connectivity index (χ2v) is 11.0. The SMILES string of the molecule is CCOc1ccc(-c2noc(CN(C)S(=O)(=O)c3nnc(NC(=O)C(C)(C)C)s3)n2)cc1. The molecule has 3 aromatic rings. The van der Waals surface area contributed by atoms with Crippen LogP contribution in [-0.4, -0.2) is 52.6 Å². The lowest BCUT2D eigenvalue weighted by Crippen LogP contribution is -2.27. The van der Waals surface area contributed by atoms with Gasteiger partial charge in [0.25, 0.3) is 10.0 Å². The molecule has 1 aromatic carbocycles. The molecule has 0 aliphatic rings. The lowest BCUT2D eigenvalue weighted by Gasteiger charge is -2.15. The van der Waals surface area contributed by atoms with Crippen LogP contribution in [0.5, 0.6) is 5.75 Å². The van der Waals surface area contributed by atoms with Gasteiger partial charge in [-0.25, -0.2) is 8.42 Å². The summed E-state index contributed by atoms with van der Waals surface area (Å²) < 4.78 is 37.0. The van der Waals surface area contributed by atoms with Crippen molar-refractivity contribution in [1.82, 2.24) is 24.6 Å². The van der Waals surface area contributed by atoms with Crippen LogP contribution in [0.1, 0.15) is 33.6 Å². The van der Waals surface area contributed by atoms with Gasteiger partial charge in [0.15, 0.2) is 0 Å². The summed E-state index contributed by atoms with van der Waals surface area (Å²) in [6, 6.07) is 7.15. The Bertz CT molecular complexity index is 1180. The van der Waals surface area contributed by atoms with Crippen molar-refractivity contribution in [1.29, 1.82) is 0 Å². The van der Waals surface area contributed by atoms with E-state index in [2.05, 4.69) is 25.7 Å². The number of carbonyl (C=O) groups excluding carboxylic acids is 1. The fraction of sp³-hybridized carbons (Fsp3) is 0.421. The Labute approximate surface area is 189 Å². The number of nitrogens with zero attached hydrogens (tertiary/aromatic N) is 5. The Balaban J connectivity index is 1.69. The fourth-order valence-corrected chi connectivity index (χ4v) is 4.56. The highest BCUT2D eigenvalue weighted by atomic mass is 32.2. The summed E-state index contributed by atoms with van der Waals surface area (Å²) in [5, 5.41) is 14.0. The van der Waals surface area contributed by atoms with Crippen LogP contribution in [-0.2, 0) is 21.4 Å². The zero-order chi connectivity index (χ0) is 23.5. The largest absolute Gasteiger partial charge is 0.494 e. The highest BCUT2D eigenvalue weighted by Gasteiger charge is 2.29.